The Labute approximate surface area is 117 Å². The zero-order valence-corrected chi connectivity index (χ0v) is 11.7. The quantitative estimate of drug-likeness (QED) is 0.692. The molecule has 2 rings (SSSR count). The molecule has 0 aliphatic rings. The van der Waals surface area contributed by atoms with Crippen LogP contribution in [0.2, 0.25) is 0 Å². The molecule has 0 radical (unpaired) electrons. The van der Waals surface area contributed by atoms with E-state index in [2.05, 4.69) is 5.10 Å². The first-order valence-electron chi connectivity index (χ1n) is 5.87. The maximum absolute atomic E-state index is 12.2. The smallest absolute Gasteiger partial charge is 0.278 e. The van der Waals surface area contributed by atoms with Gasteiger partial charge in [-0.2, -0.15) is 17.9 Å². The van der Waals surface area contributed by atoms with E-state index >= 15 is 0 Å². The third kappa shape index (κ3) is 3.16. The highest BCUT2D eigenvalue weighted by atomic mass is 32.2. The number of hydrogen-bond donors (Lipinski definition) is 1. The normalized spacial score (nSPS) is 11.7. The Bertz CT molecular complexity index is 695. The lowest BCUT2D eigenvalue weighted by Gasteiger charge is -2.13. The average Bonchev–Trinajstić information content (AvgIpc) is 2.47. The number of aromatic hydroxyl groups is 1. The van der Waals surface area contributed by atoms with Gasteiger partial charge >= 0.3 is 0 Å². The SMILES string of the molecule is CN(N=Cc1ccc(O)cc1)S(=O)(=O)c1ccccc1. The fraction of sp³-hybridized carbons (Fsp3) is 0.0714. The van der Waals surface area contributed by atoms with Gasteiger partial charge in [0.1, 0.15) is 5.75 Å². The van der Waals surface area contributed by atoms with Crippen LogP contribution in [0.5, 0.6) is 5.75 Å². The van der Waals surface area contributed by atoms with Crippen LogP contribution in [0.25, 0.3) is 0 Å². The second-order valence-electron chi connectivity index (χ2n) is 4.09. The van der Waals surface area contributed by atoms with E-state index in [-0.39, 0.29) is 10.6 Å². The summed E-state index contributed by atoms with van der Waals surface area (Å²) in [6.07, 6.45) is 1.42. The highest BCUT2D eigenvalue weighted by Gasteiger charge is 2.18. The molecule has 2 aromatic carbocycles. The van der Waals surface area contributed by atoms with E-state index in [1.54, 1.807) is 30.3 Å². The van der Waals surface area contributed by atoms with Gasteiger partial charge in [-0.3, -0.25) is 0 Å². The lowest BCUT2D eigenvalue weighted by atomic mass is 10.2. The largest absolute Gasteiger partial charge is 0.508 e. The second-order valence-corrected chi connectivity index (χ2v) is 6.04. The van der Waals surface area contributed by atoms with Gasteiger partial charge in [-0.1, -0.05) is 18.2 Å². The van der Waals surface area contributed by atoms with Gasteiger partial charge in [-0.25, -0.2) is 0 Å². The van der Waals surface area contributed by atoms with Crippen LogP contribution in [0.3, 0.4) is 0 Å². The first-order valence-corrected chi connectivity index (χ1v) is 7.31. The van der Waals surface area contributed by atoms with Crippen molar-refractivity contribution in [3.8, 4) is 5.75 Å². The van der Waals surface area contributed by atoms with Crippen molar-refractivity contribution in [2.24, 2.45) is 5.10 Å². The summed E-state index contributed by atoms with van der Waals surface area (Å²) in [7, 11) is -2.26. The molecule has 0 fully saturated rings. The molecule has 0 saturated heterocycles. The van der Waals surface area contributed by atoms with E-state index in [0.717, 1.165) is 4.41 Å². The van der Waals surface area contributed by atoms with Crippen LogP contribution in [0, 0.1) is 0 Å². The van der Waals surface area contributed by atoms with Gasteiger partial charge < -0.3 is 5.11 Å². The molecular formula is C14H14N2O3S. The molecule has 0 saturated carbocycles. The molecule has 6 heteroatoms. The molecule has 0 amide bonds. The number of phenols is 1. The zero-order valence-electron chi connectivity index (χ0n) is 10.8. The van der Waals surface area contributed by atoms with E-state index in [4.69, 9.17) is 5.11 Å². The number of rotatable bonds is 4. The Morgan fingerprint density at radius 2 is 1.65 bits per heavy atom. The molecule has 0 aliphatic carbocycles. The number of sulfonamides is 1. The zero-order chi connectivity index (χ0) is 14.6. The summed E-state index contributed by atoms with van der Waals surface area (Å²) in [6, 6.07) is 14.4. The maximum Gasteiger partial charge on any atom is 0.278 e. The van der Waals surface area contributed by atoms with Gasteiger partial charge in [0.25, 0.3) is 10.0 Å². The monoisotopic (exact) mass is 290 g/mol. The van der Waals surface area contributed by atoms with Crippen molar-refractivity contribution >= 4 is 16.2 Å². The van der Waals surface area contributed by atoms with Crippen LogP contribution in [0.15, 0.2) is 64.6 Å². The topological polar surface area (TPSA) is 70.0 Å². The van der Waals surface area contributed by atoms with Crippen LogP contribution >= 0.6 is 0 Å². The van der Waals surface area contributed by atoms with Gasteiger partial charge in [0.2, 0.25) is 0 Å². The Kier molecular flexibility index (Phi) is 4.05. The summed E-state index contributed by atoms with van der Waals surface area (Å²) in [5.41, 5.74) is 0.693. The molecule has 0 heterocycles. The van der Waals surface area contributed by atoms with E-state index in [1.807, 2.05) is 0 Å². The maximum atomic E-state index is 12.2. The van der Waals surface area contributed by atoms with E-state index in [1.165, 1.54) is 37.5 Å². The number of hydrogen-bond acceptors (Lipinski definition) is 4. The first-order chi connectivity index (χ1) is 9.50. The molecule has 2 aromatic rings. The predicted molar refractivity (Wildman–Crippen MR) is 77.1 cm³/mol. The highest BCUT2D eigenvalue weighted by Crippen LogP contribution is 2.14. The average molecular weight is 290 g/mol. The van der Waals surface area contributed by atoms with Gasteiger partial charge in [0.15, 0.2) is 0 Å². The van der Waals surface area contributed by atoms with E-state index < -0.39 is 10.0 Å². The molecular weight excluding hydrogens is 276 g/mol. The van der Waals surface area contributed by atoms with E-state index in [9.17, 15) is 8.42 Å². The first kappa shape index (κ1) is 14.1. The number of nitrogens with zero attached hydrogens (tertiary/aromatic N) is 2. The van der Waals surface area contributed by atoms with Crippen molar-refractivity contribution in [1.82, 2.24) is 4.41 Å². The van der Waals surface area contributed by atoms with Gasteiger partial charge in [-0.05, 0) is 42.0 Å². The van der Waals surface area contributed by atoms with Crippen molar-refractivity contribution in [3.63, 3.8) is 0 Å². The second kappa shape index (κ2) is 5.75. The standard InChI is InChI=1S/C14H14N2O3S/c1-16(15-11-12-7-9-13(17)10-8-12)20(18,19)14-5-3-2-4-6-14/h2-11,17H,1H3. The van der Waals surface area contributed by atoms with Crippen LogP contribution in [0.4, 0.5) is 0 Å². The van der Waals surface area contributed by atoms with Gasteiger partial charge in [0.05, 0.1) is 11.1 Å². The number of hydrazone groups is 1. The van der Waals surface area contributed by atoms with Gasteiger partial charge in [-0.15, -0.1) is 0 Å². The van der Waals surface area contributed by atoms with E-state index in [0.29, 0.717) is 5.56 Å². The molecule has 0 bridgehead atoms. The summed E-state index contributed by atoms with van der Waals surface area (Å²) in [4.78, 5) is 0.186. The Morgan fingerprint density at radius 1 is 1.05 bits per heavy atom. The van der Waals surface area contributed by atoms with Crippen molar-refractivity contribution < 1.29 is 13.5 Å². The fourth-order valence-electron chi connectivity index (χ4n) is 1.52. The highest BCUT2D eigenvalue weighted by molar-refractivity contribution is 7.89. The Balaban J connectivity index is 2.19. The lowest BCUT2D eigenvalue weighted by molar-refractivity contribution is 0.475. The van der Waals surface area contributed by atoms with Crippen LogP contribution < -0.4 is 0 Å². The minimum atomic E-state index is -3.63. The molecule has 0 aromatic heterocycles. The summed E-state index contributed by atoms with van der Waals surface area (Å²) in [5.74, 6) is 0.146. The minimum absolute atomic E-state index is 0.146. The van der Waals surface area contributed by atoms with Crippen molar-refractivity contribution in [3.05, 3.63) is 60.2 Å². The Hall–Kier alpha value is -2.34. The number of benzene rings is 2. The number of phenolic OH excluding ortho intramolecular Hbond substituents is 1. The molecule has 20 heavy (non-hydrogen) atoms. The summed E-state index contributed by atoms with van der Waals surface area (Å²) in [5, 5.41) is 13.1. The fourth-order valence-corrected chi connectivity index (χ4v) is 2.49. The molecule has 0 unspecified atom stereocenters. The van der Waals surface area contributed by atoms with Gasteiger partial charge in [0, 0.05) is 7.05 Å². The van der Waals surface area contributed by atoms with Crippen molar-refractivity contribution in [2.75, 3.05) is 7.05 Å². The predicted octanol–water partition coefficient (Wildman–Crippen LogP) is 2.05. The summed E-state index contributed by atoms with van der Waals surface area (Å²) in [6.45, 7) is 0. The van der Waals surface area contributed by atoms with Crippen molar-refractivity contribution in [1.29, 1.82) is 0 Å². The molecule has 0 atom stereocenters. The third-order valence-corrected chi connectivity index (χ3v) is 4.31. The van der Waals surface area contributed by atoms with Crippen LogP contribution in [0.1, 0.15) is 5.56 Å². The summed E-state index contributed by atoms with van der Waals surface area (Å²) >= 11 is 0. The molecule has 0 aliphatic heterocycles. The third-order valence-electron chi connectivity index (χ3n) is 2.65. The Morgan fingerprint density at radius 3 is 2.25 bits per heavy atom. The van der Waals surface area contributed by atoms with Crippen LogP contribution in [-0.2, 0) is 10.0 Å². The lowest BCUT2D eigenvalue weighted by Crippen LogP contribution is -2.21. The van der Waals surface area contributed by atoms with Crippen molar-refractivity contribution in [2.45, 2.75) is 4.90 Å². The molecule has 104 valence electrons. The molecule has 0 spiro atoms. The summed E-state index contributed by atoms with van der Waals surface area (Å²) < 4.78 is 25.3. The molecule has 1 N–H and O–H groups in total. The van der Waals surface area contributed by atoms with Crippen LogP contribution in [-0.4, -0.2) is 31.2 Å². The molecule has 5 nitrogen and oxygen atoms in total. The minimum Gasteiger partial charge on any atom is -0.508 e.